The quantitative estimate of drug-likeness (QED) is 0.0656. The summed E-state index contributed by atoms with van der Waals surface area (Å²) in [6, 6.07) is 23.1. The first-order chi connectivity index (χ1) is 18.9. The summed E-state index contributed by atoms with van der Waals surface area (Å²) in [5.74, 6) is 0. The average molecular weight is 922 g/mol. The van der Waals surface area contributed by atoms with E-state index < -0.39 is 0 Å². The van der Waals surface area contributed by atoms with Crippen molar-refractivity contribution in [2.75, 3.05) is 13.2 Å². The summed E-state index contributed by atoms with van der Waals surface area (Å²) in [6.07, 6.45) is 2.28. The van der Waals surface area contributed by atoms with Crippen molar-refractivity contribution in [1.82, 2.24) is 0 Å². The van der Waals surface area contributed by atoms with E-state index in [1.807, 2.05) is 12.1 Å². The molecule has 0 N–H and O–H groups in total. The number of fused-ring (bicyclic) bond motifs is 3. The molecule has 1 aliphatic heterocycles. The third-order valence-electron chi connectivity index (χ3n) is 6.97. The molecule has 1 saturated heterocycles. The van der Waals surface area contributed by atoms with E-state index in [4.69, 9.17) is 14.0 Å². The summed E-state index contributed by atoms with van der Waals surface area (Å²) in [6.45, 7) is 14.5. The van der Waals surface area contributed by atoms with Gasteiger partial charge in [0.2, 0.25) is 0 Å². The largest absolute Gasteiger partial charge is 0.495 e. The van der Waals surface area contributed by atoms with Crippen molar-refractivity contribution in [2.24, 2.45) is 0 Å². The van der Waals surface area contributed by atoms with Gasteiger partial charge in [-0.25, -0.2) is 0 Å². The molecule has 9 heteroatoms. The van der Waals surface area contributed by atoms with Gasteiger partial charge >= 0.3 is 7.12 Å². The van der Waals surface area contributed by atoms with Gasteiger partial charge in [0, 0.05) is 51.5 Å². The molecule has 4 aromatic rings. The topological polar surface area (TPSA) is 27.7 Å². The van der Waals surface area contributed by atoms with Gasteiger partial charge in [0.1, 0.15) is 0 Å². The van der Waals surface area contributed by atoms with Crippen LogP contribution in [0.5, 0.6) is 0 Å². The Labute approximate surface area is 300 Å². The van der Waals surface area contributed by atoms with Crippen molar-refractivity contribution in [3.05, 3.63) is 92.0 Å². The average Bonchev–Trinajstić information content (AvgIpc) is 3.14. The minimum Gasteiger partial charge on any atom is -0.399 e. The van der Waals surface area contributed by atoms with E-state index in [2.05, 4.69) is 160 Å². The molecule has 1 heterocycles. The van der Waals surface area contributed by atoms with E-state index in [1.54, 1.807) is 0 Å². The molecule has 0 saturated carbocycles. The molecule has 1 fully saturated rings. The zero-order valence-electron chi connectivity index (χ0n) is 25.3. The van der Waals surface area contributed by atoms with Crippen LogP contribution in [0.1, 0.15) is 54.4 Å². The summed E-state index contributed by atoms with van der Waals surface area (Å²) < 4.78 is 21.9. The Hall–Kier alpha value is -0.0727. The van der Waals surface area contributed by atoms with Gasteiger partial charge < -0.3 is 21.5 Å². The molecule has 0 spiro atoms. The fraction of sp³-hybridized carbons (Fsp3) is 0.364. The number of hydrogen-bond donors (Lipinski definition) is 0. The van der Waals surface area contributed by atoms with E-state index in [1.165, 1.54) is 21.5 Å². The first-order valence-electron chi connectivity index (χ1n) is 13.6. The Bertz CT molecular complexity index is 1360. The maximum absolute atomic E-state index is 6.28. The van der Waals surface area contributed by atoms with Crippen LogP contribution in [-0.2, 0) is 34.5 Å². The third-order valence-corrected chi connectivity index (χ3v) is 10.7. The second-order valence-electron chi connectivity index (χ2n) is 10.6. The molecule has 0 unspecified atom stereocenters. The number of halogens is 4. The van der Waals surface area contributed by atoms with Crippen molar-refractivity contribution in [2.45, 2.75) is 65.6 Å². The second-order valence-corrected chi connectivity index (χ2v) is 14.0. The predicted molar refractivity (Wildman–Crippen MR) is 192 cm³/mol. The summed E-state index contributed by atoms with van der Waals surface area (Å²) >= 11 is 13.5. The molecule has 1 aliphatic rings. The second kappa shape index (κ2) is 18.2. The third kappa shape index (κ3) is 10.2. The Morgan fingerprint density at radius 2 is 1.05 bits per heavy atom. The maximum Gasteiger partial charge on any atom is 0.495 e. The minimum atomic E-state index is -0.338. The molecule has 0 amide bonds. The van der Waals surface area contributed by atoms with Gasteiger partial charge in [0.15, 0.2) is 0 Å². The molecular weight excluding hydrogens is 881 g/mol. The van der Waals surface area contributed by atoms with Crippen molar-refractivity contribution >= 4 is 97.8 Å². The molecule has 0 bridgehead atoms. The van der Waals surface area contributed by atoms with Crippen LogP contribution in [0, 0.1) is 7.43 Å². The van der Waals surface area contributed by atoms with Crippen LogP contribution >= 0.6 is 63.7 Å². The van der Waals surface area contributed by atoms with Gasteiger partial charge in [-0.05, 0) is 143 Å². The number of ether oxygens (including phenoxy) is 1. The molecule has 3 nitrogen and oxygen atoms in total. The van der Waals surface area contributed by atoms with Gasteiger partial charge in [0.05, 0.1) is 11.2 Å². The van der Waals surface area contributed by atoms with Crippen LogP contribution in [0.25, 0.3) is 21.5 Å². The van der Waals surface area contributed by atoms with E-state index in [0.29, 0.717) is 0 Å². The Morgan fingerprint density at radius 3 is 1.50 bits per heavy atom. The first-order valence-corrected chi connectivity index (χ1v) is 16.7. The number of rotatable bonds is 5. The first kappa shape index (κ1) is 40.0. The fourth-order valence-corrected chi connectivity index (χ4v) is 6.13. The Balaban J connectivity index is 0.000000389. The summed E-state index contributed by atoms with van der Waals surface area (Å²) in [4.78, 5) is 0. The van der Waals surface area contributed by atoms with Gasteiger partial charge in [-0.3, -0.25) is 0 Å². The zero-order valence-corrected chi connectivity index (χ0v) is 33.2. The summed E-state index contributed by atoms with van der Waals surface area (Å²) in [5.41, 5.74) is 0.451. The fourth-order valence-electron chi connectivity index (χ4n) is 4.14. The van der Waals surface area contributed by atoms with Crippen LogP contribution in [0.3, 0.4) is 0 Å². The minimum absolute atomic E-state index is 0. The van der Waals surface area contributed by atoms with Crippen LogP contribution in [0.2, 0.25) is 0 Å². The molecule has 4 aromatic carbocycles. The number of hydrogen-bond acceptors (Lipinski definition) is 3. The van der Waals surface area contributed by atoms with Crippen LogP contribution in [0.15, 0.2) is 84.6 Å². The van der Waals surface area contributed by atoms with Crippen molar-refractivity contribution in [3.8, 4) is 0 Å². The molecule has 0 radical (unpaired) electrons. The van der Waals surface area contributed by atoms with E-state index in [9.17, 15) is 0 Å². The Kier molecular flexibility index (Phi) is 17.3. The van der Waals surface area contributed by atoms with Gasteiger partial charge in [-0.1, -0.05) is 68.4 Å². The van der Waals surface area contributed by atoms with Crippen molar-refractivity contribution < 1.29 is 34.5 Å². The molecule has 42 heavy (non-hydrogen) atoms. The number of benzene rings is 4. The molecule has 0 aliphatic carbocycles. The summed E-state index contributed by atoms with van der Waals surface area (Å²) in [7, 11) is -0.338. The predicted octanol–water partition coefficient (Wildman–Crippen LogP) is 11.3. The molecule has 0 atom stereocenters. The summed E-state index contributed by atoms with van der Waals surface area (Å²) in [5, 5.41) is 4.93. The standard InChI is InChI=1S/C20H21BO2.C6H2Br4.C6H14O.CH3.Pd/c1-19(2)20(3,4)23-21(22-19)18-13-14-9-5-6-10-15(14)16-11-7-8-12-17(16)18;7-3-1-4(8)6(10)2-5(3)9;1-3-5-7-6-4-2;;/h5-13H,1-4H3;1-2H;3-6H2,1-2H3;1H3;/q;;;-1;. The van der Waals surface area contributed by atoms with Crippen LogP contribution < -0.4 is 5.46 Å². The molecular formula is C33H40BBr4O3Pd-. The van der Waals surface area contributed by atoms with E-state index >= 15 is 0 Å². The maximum atomic E-state index is 6.28. The molecule has 0 aromatic heterocycles. The normalized spacial score (nSPS) is 14.7. The van der Waals surface area contributed by atoms with E-state index in [0.717, 1.165) is 49.4 Å². The SMILES string of the molecule is Brc1cc(Br)c(Br)cc1Br.CC1(C)OB(c2cc3ccccc3c3ccccc23)OC1(C)C.CCCOCCC.[CH3-].[Pd]. The van der Waals surface area contributed by atoms with Crippen molar-refractivity contribution in [3.63, 3.8) is 0 Å². The van der Waals surface area contributed by atoms with Crippen molar-refractivity contribution in [1.29, 1.82) is 0 Å². The van der Waals surface area contributed by atoms with Gasteiger partial charge in [-0.2, -0.15) is 0 Å². The van der Waals surface area contributed by atoms with E-state index in [-0.39, 0.29) is 46.2 Å². The molecule has 232 valence electrons. The van der Waals surface area contributed by atoms with Crippen LogP contribution in [0.4, 0.5) is 0 Å². The van der Waals surface area contributed by atoms with Gasteiger partial charge in [-0.15, -0.1) is 0 Å². The van der Waals surface area contributed by atoms with Gasteiger partial charge in [0.25, 0.3) is 0 Å². The van der Waals surface area contributed by atoms with Crippen LogP contribution in [-0.4, -0.2) is 31.5 Å². The zero-order chi connectivity index (χ0) is 29.5. The smallest absolute Gasteiger partial charge is 0.399 e. The molecule has 5 rings (SSSR count). The monoisotopic (exact) mass is 917 g/mol. The Morgan fingerprint density at radius 1 is 0.643 bits per heavy atom.